The van der Waals surface area contributed by atoms with Crippen LogP contribution in [0.25, 0.3) is 5.69 Å². The SMILES string of the molecule is CC1(NCc2cnn(-c3ccc(F)cc3)c2)CCCc2ccccc21. The molecule has 0 saturated carbocycles. The van der Waals surface area contributed by atoms with Crippen LogP contribution in [0.4, 0.5) is 4.39 Å². The molecule has 4 heteroatoms. The zero-order valence-electron chi connectivity index (χ0n) is 14.4. The predicted octanol–water partition coefficient (Wildman–Crippen LogP) is 4.35. The van der Waals surface area contributed by atoms with E-state index in [0.717, 1.165) is 30.6 Å². The first-order valence-corrected chi connectivity index (χ1v) is 8.77. The van der Waals surface area contributed by atoms with E-state index in [1.54, 1.807) is 16.8 Å². The Morgan fingerprint density at radius 3 is 2.80 bits per heavy atom. The van der Waals surface area contributed by atoms with Gasteiger partial charge in [-0.15, -0.1) is 0 Å². The van der Waals surface area contributed by atoms with Crippen LogP contribution in [-0.4, -0.2) is 9.78 Å². The third kappa shape index (κ3) is 3.22. The normalized spacial score (nSPS) is 19.6. The lowest BCUT2D eigenvalue weighted by atomic mass is 9.78. The zero-order chi connectivity index (χ0) is 17.3. The number of rotatable bonds is 4. The third-order valence-corrected chi connectivity index (χ3v) is 5.14. The zero-order valence-corrected chi connectivity index (χ0v) is 14.4. The quantitative estimate of drug-likeness (QED) is 0.768. The summed E-state index contributed by atoms with van der Waals surface area (Å²) in [6, 6.07) is 15.1. The van der Waals surface area contributed by atoms with Crippen molar-refractivity contribution in [3.8, 4) is 5.69 Å². The van der Waals surface area contributed by atoms with Crippen LogP contribution in [0.2, 0.25) is 0 Å². The number of halogens is 1. The van der Waals surface area contributed by atoms with E-state index in [2.05, 4.69) is 41.6 Å². The highest BCUT2D eigenvalue weighted by molar-refractivity contribution is 5.36. The second-order valence-corrected chi connectivity index (χ2v) is 6.97. The average molecular weight is 335 g/mol. The van der Waals surface area contributed by atoms with Crippen LogP contribution in [0, 0.1) is 5.82 Å². The molecule has 0 bridgehead atoms. The Balaban J connectivity index is 1.50. The molecule has 1 atom stereocenters. The molecule has 2 aromatic carbocycles. The molecule has 3 aromatic rings. The molecule has 0 radical (unpaired) electrons. The summed E-state index contributed by atoms with van der Waals surface area (Å²) in [5.41, 5.74) is 4.83. The summed E-state index contributed by atoms with van der Waals surface area (Å²) in [5, 5.41) is 8.13. The lowest BCUT2D eigenvalue weighted by Gasteiger charge is -2.37. The number of nitrogens with one attached hydrogen (secondary N) is 1. The summed E-state index contributed by atoms with van der Waals surface area (Å²) in [5.74, 6) is -0.235. The molecule has 1 heterocycles. The van der Waals surface area contributed by atoms with Gasteiger partial charge in [-0.3, -0.25) is 0 Å². The van der Waals surface area contributed by atoms with Gasteiger partial charge in [-0.2, -0.15) is 5.10 Å². The molecule has 0 fully saturated rings. The molecule has 0 spiro atoms. The lowest BCUT2D eigenvalue weighted by molar-refractivity contribution is 0.311. The number of benzene rings is 2. The van der Waals surface area contributed by atoms with E-state index >= 15 is 0 Å². The molecule has 128 valence electrons. The Hall–Kier alpha value is -2.46. The first-order chi connectivity index (χ1) is 12.1. The van der Waals surface area contributed by atoms with Crippen LogP contribution >= 0.6 is 0 Å². The molecular weight excluding hydrogens is 313 g/mol. The summed E-state index contributed by atoms with van der Waals surface area (Å²) in [6.07, 6.45) is 7.37. The van der Waals surface area contributed by atoms with Gasteiger partial charge in [0.2, 0.25) is 0 Å². The van der Waals surface area contributed by atoms with Gasteiger partial charge in [0, 0.05) is 23.8 Å². The molecular formula is C21H22FN3. The molecule has 0 aliphatic heterocycles. The van der Waals surface area contributed by atoms with E-state index in [1.165, 1.54) is 29.7 Å². The van der Waals surface area contributed by atoms with Gasteiger partial charge in [0.1, 0.15) is 5.82 Å². The van der Waals surface area contributed by atoms with Crippen LogP contribution < -0.4 is 5.32 Å². The number of aryl methyl sites for hydroxylation is 1. The van der Waals surface area contributed by atoms with Gasteiger partial charge >= 0.3 is 0 Å². The van der Waals surface area contributed by atoms with Crippen molar-refractivity contribution in [1.82, 2.24) is 15.1 Å². The lowest BCUT2D eigenvalue weighted by Crippen LogP contribution is -2.41. The van der Waals surface area contributed by atoms with Crippen molar-refractivity contribution in [1.29, 1.82) is 0 Å². The second-order valence-electron chi connectivity index (χ2n) is 6.97. The number of hydrogen-bond acceptors (Lipinski definition) is 2. The van der Waals surface area contributed by atoms with Gasteiger partial charge < -0.3 is 5.32 Å². The number of hydrogen-bond donors (Lipinski definition) is 1. The molecule has 4 rings (SSSR count). The number of nitrogens with zero attached hydrogens (tertiary/aromatic N) is 2. The Bertz CT molecular complexity index is 869. The molecule has 0 saturated heterocycles. The van der Waals surface area contributed by atoms with Gasteiger partial charge in [0.05, 0.1) is 11.9 Å². The fourth-order valence-corrected chi connectivity index (χ4v) is 3.71. The van der Waals surface area contributed by atoms with Gasteiger partial charge in [-0.05, 0) is 61.6 Å². The first-order valence-electron chi connectivity index (χ1n) is 8.77. The van der Waals surface area contributed by atoms with Crippen molar-refractivity contribution in [3.63, 3.8) is 0 Å². The maximum atomic E-state index is 13.1. The molecule has 1 N–H and O–H groups in total. The maximum Gasteiger partial charge on any atom is 0.123 e. The summed E-state index contributed by atoms with van der Waals surface area (Å²) in [6.45, 7) is 3.04. The molecule has 1 aliphatic rings. The van der Waals surface area contributed by atoms with Gasteiger partial charge in [0.15, 0.2) is 0 Å². The van der Waals surface area contributed by atoms with E-state index in [0.29, 0.717) is 0 Å². The largest absolute Gasteiger partial charge is 0.303 e. The minimum Gasteiger partial charge on any atom is -0.303 e. The number of aromatic nitrogens is 2. The standard InChI is InChI=1S/C21H22FN3/c1-21(12-4-6-17-5-2-3-7-20(17)21)23-13-16-14-24-25(15-16)19-10-8-18(22)9-11-19/h2-3,5,7-11,14-15,23H,4,6,12-13H2,1H3. The second kappa shape index (κ2) is 6.45. The Morgan fingerprint density at radius 1 is 1.16 bits per heavy atom. The highest BCUT2D eigenvalue weighted by Crippen LogP contribution is 2.35. The maximum absolute atomic E-state index is 13.1. The summed E-state index contributed by atoms with van der Waals surface area (Å²) < 4.78 is 14.8. The molecule has 0 amide bonds. The van der Waals surface area contributed by atoms with Crippen molar-refractivity contribution in [3.05, 3.63) is 83.4 Å². The molecule has 25 heavy (non-hydrogen) atoms. The van der Waals surface area contributed by atoms with E-state index in [9.17, 15) is 4.39 Å². The van der Waals surface area contributed by atoms with E-state index in [-0.39, 0.29) is 11.4 Å². The summed E-state index contributed by atoms with van der Waals surface area (Å²) >= 11 is 0. The first kappa shape index (κ1) is 16.0. The predicted molar refractivity (Wildman–Crippen MR) is 97.1 cm³/mol. The molecule has 1 aromatic heterocycles. The van der Waals surface area contributed by atoms with Crippen LogP contribution in [0.15, 0.2) is 60.9 Å². The monoisotopic (exact) mass is 335 g/mol. The molecule has 3 nitrogen and oxygen atoms in total. The summed E-state index contributed by atoms with van der Waals surface area (Å²) in [4.78, 5) is 0. The minimum atomic E-state index is -0.235. The minimum absolute atomic E-state index is 0.00712. The average Bonchev–Trinajstić information content (AvgIpc) is 3.10. The molecule has 1 unspecified atom stereocenters. The molecule has 1 aliphatic carbocycles. The van der Waals surface area contributed by atoms with E-state index in [1.807, 2.05) is 12.4 Å². The fraction of sp³-hybridized carbons (Fsp3) is 0.286. The third-order valence-electron chi connectivity index (χ3n) is 5.14. The Labute approximate surface area is 147 Å². The van der Waals surface area contributed by atoms with Crippen LogP contribution in [0.1, 0.15) is 36.5 Å². The van der Waals surface area contributed by atoms with Gasteiger partial charge in [0.25, 0.3) is 0 Å². The smallest absolute Gasteiger partial charge is 0.123 e. The summed E-state index contributed by atoms with van der Waals surface area (Å²) in [7, 11) is 0. The van der Waals surface area contributed by atoms with Crippen molar-refractivity contribution in [2.75, 3.05) is 0 Å². The number of fused-ring (bicyclic) bond motifs is 1. The highest BCUT2D eigenvalue weighted by Gasteiger charge is 2.31. The van der Waals surface area contributed by atoms with Crippen LogP contribution in [0.5, 0.6) is 0 Å². The fourth-order valence-electron chi connectivity index (χ4n) is 3.71. The Kier molecular flexibility index (Phi) is 4.14. The Morgan fingerprint density at radius 2 is 1.96 bits per heavy atom. The van der Waals surface area contributed by atoms with E-state index in [4.69, 9.17) is 0 Å². The van der Waals surface area contributed by atoms with Crippen LogP contribution in [-0.2, 0) is 18.5 Å². The van der Waals surface area contributed by atoms with Crippen molar-refractivity contribution in [2.24, 2.45) is 0 Å². The van der Waals surface area contributed by atoms with Gasteiger partial charge in [-0.25, -0.2) is 9.07 Å². The van der Waals surface area contributed by atoms with Crippen molar-refractivity contribution >= 4 is 0 Å². The topological polar surface area (TPSA) is 29.9 Å². The highest BCUT2D eigenvalue weighted by atomic mass is 19.1. The van der Waals surface area contributed by atoms with Crippen molar-refractivity contribution in [2.45, 2.75) is 38.3 Å². The van der Waals surface area contributed by atoms with E-state index < -0.39 is 0 Å². The van der Waals surface area contributed by atoms with Crippen LogP contribution in [0.3, 0.4) is 0 Å². The van der Waals surface area contributed by atoms with Crippen molar-refractivity contribution < 1.29 is 4.39 Å². The van der Waals surface area contributed by atoms with Gasteiger partial charge in [-0.1, -0.05) is 24.3 Å².